The number of carbonyl (C=O) groups is 1. The number of aromatic nitrogens is 1. The molecule has 1 atom stereocenters. The van der Waals surface area contributed by atoms with Crippen LogP contribution in [-0.2, 0) is 16.2 Å². The largest absolute Gasteiger partial charge is 0.488 e. The van der Waals surface area contributed by atoms with Crippen LogP contribution in [-0.4, -0.2) is 30.4 Å². The molecular weight excluding hydrogens is 521 g/mol. The summed E-state index contributed by atoms with van der Waals surface area (Å²) in [6.07, 6.45) is 4.18. The van der Waals surface area contributed by atoms with E-state index in [1.165, 1.54) is 5.56 Å². The van der Waals surface area contributed by atoms with Crippen molar-refractivity contribution in [2.24, 2.45) is 4.99 Å². The highest BCUT2D eigenvalue weighted by Crippen LogP contribution is 2.43. The molecule has 188 valence electrons. The third-order valence-electron chi connectivity index (χ3n) is 6.50. The monoisotopic (exact) mass is 545 g/mol. The Morgan fingerprint density at radius 2 is 1.86 bits per heavy atom. The van der Waals surface area contributed by atoms with E-state index in [1.54, 1.807) is 36.6 Å². The lowest BCUT2D eigenvalue weighted by molar-refractivity contribution is -0.118. The Labute approximate surface area is 223 Å². The van der Waals surface area contributed by atoms with Gasteiger partial charge in [0.1, 0.15) is 22.2 Å². The standard InChI is InChI=1S/C26H25Cl2N3O4S/c1-33-25-22(14-34-19-10-11-20(21(28)12-19)24-29-23(13-32)35-31-24)36-26(30-25)17-4-2-15(3-5-17)16-6-8-18(27)9-7-16/h6-13,15,17,23H,2-5,14H2,1H3,(H,29,31). The van der Waals surface area contributed by atoms with E-state index in [0.717, 1.165) is 40.6 Å². The number of methoxy groups -OCH3 is 1. The zero-order valence-corrected chi connectivity index (χ0v) is 21.9. The maximum Gasteiger partial charge on any atom is 0.232 e. The molecule has 0 radical (unpaired) electrons. The molecule has 3 aromatic rings. The molecule has 0 amide bonds. The molecule has 1 N–H and O–H groups in total. The Bertz CT molecular complexity index is 1260. The minimum absolute atomic E-state index is 0.326. The smallest absolute Gasteiger partial charge is 0.232 e. The second-order valence-corrected chi connectivity index (χ2v) is 10.7. The van der Waals surface area contributed by atoms with E-state index in [2.05, 4.69) is 22.6 Å². The number of nitrogens with one attached hydrogen (secondary N) is 1. The number of halogens is 2. The molecule has 0 saturated heterocycles. The predicted molar refractivity (Wildman–Crippen MR) is 140 cm³/mol. The van der Waals surface area contributed by atoms with Crippen LogP contribution in [0.25, 0.3) is 0 Å². The van der Waals surface area contributed by atoms with Crippen molar-refractivity contribution in [3.05, 3.63) is 73.5 Å². The van der Waals surface area contributed by atoms with Crippen LogP contribution in [0.4, 0.5) is 0 Å². The molecule has 0 spiro atoms. The number of aliphatic imine (C=N–C) groups is 1. The van der Waals surface area contributed by atoms with Crippen molar-refractivity contribution in [3.8, 4) is 11.6 Å². The van der Waals surface area contributed by atoms with E-state index < -0.39 is 6.23 Å². The number of hydrogen-bond acceptors (Lipinski definition) is 8. The number of ether oxygens (including phenoxy) is 2. The van der Waals surface area contributed by atoms with Gasteiger partial charge in [-0.3, -0.25) is 4.79 Å². The van der Waals surface area contributed by atoms with Gasteiger partial charge in [-0.2, -0.15) is 0 Å². The summed E-state index contributed by atoms with van der Waals surface area (Å²) < 4.78 is 11.6. The van der Waals surface area contributed by atoms with Crippen molar-refractivity contribution >= 4 is 46.7 Å². The second kappa shape index (κ2) is 11.2. The molecule has 5 rings (SSSR count). The van der Waals surface area contributed by atoms with E-state index in [4.69, 9.17) is 42.5 Å². The average Bonchev–Trinajstić information content (AvgIpc) is 3.55. The van der Waals surface area contributed by atoms with Crippen molar-refractivity contribution in [3.63, 3.8) is 0 Å². The number of hydroxylamine groups is 1. The van der Waals surface area contributed by atoms with Gasteiger partial charge in [0.2, 0.25) is 12.1 Å². The van der Waals surface area contributed by atoms with Gasteiger partial charge >= 0.3 is 0 Å². The summed E-state index contributed by atoms with van der Waals surface area (Å²) in [5.74, 6) is 2.61. The Morgan fingerprint density at radius 1 is 1.11 bits per heavy atom. The van der Waals surface area contributed by atoms with Crippen LogP contribution in [0.5, 0.6) is 11.6 Å². The Morgan fingerprint density at radius 3 is 2.53 bits per heavy atom. The van der Waals surface area contributed by atoms with Crippen molar-refractivity contribution in [1.29, 1.82) is 0 Å². The number of hydrogen-bond donors (Lipinski definition) is 1. The first-order chi connectivity index (χ1) is 17.5. The molecule has 1 aromatic heterocycles. The number of nitrogens with zero attached hydrogens (tertiary/aromatic N) is 2. The number of benzene rings is 2. The Hall–Kier alpha value is -2.65. The highest BCUT2D eigenvalue weighted by Gasteiger charge is 2.27. The molecule has 7 nitrogen and oxygen atoms in total. The Kier molecular flexibility index (Phi) is 7.76. The Balaban J connectivity index is 1.21. The molecule has 36 heavy (non-hydrogen) atoms. The average molecular weight is 546 g/mol. The van der Waals surface area contributed by atoms with Gasteiger partial charge < -0.3 is 9.47 Å². The maximum atomic E-state index is 10.8. The molecule has 2 aromatic carbocycles. The van der Waals surface area contributed by atoms with Gasteiger partial charge in [-0.1, -0.05) is 35.3 Å². The summed E-state index contributed by atoms with van der Waals surface area (Å²) in [6.45, 7) is 0.326. The summed E-state index contributed by atoms with van der Waals surface area (Å²) >= 11 is 14.1. The molecular formula is C26H25Cl2N3O4S. The summed E-state index contributed by atoms with van der Waals surface area (Å²) in [7, 11) is 1.63. The molecule has 10 heteroatoms. The third kappa shape index (κ3) is 5.52. The topological polar surface area (TPSA) is 82.0 Å². The van der Waals surface area contributed by atoms with Crippen LogP contribution in [0, 0.1) is 0 Å². The van der Waals surface area contributed by atoms with Gasteiger partial charge in [-0.15, -0.1) is 11.3 Å². The molecule has 1 aliphatic heterocycles. The lowest BCUT2D eigenvalue weighted by atomic mass is 9.79. The fourth-order valence-corrected chi connectivity index (χ4v) is 6.10. The quantitative estimate of drug-likeness (QED) is 0.335. The summed E-state index contributed by atoms with van der Waals surface area (Å²) in [5.41, 5.74) is 4.61. The minimum atomic E-state index is -0.868. The highest BCUT2D eigenvalue weighted by atomic mass is 35.5. The number of aldehydes is 1. The lowest BCUT2D eigenvalue weighted by Crippen LogP contribution is -2.19. The maximum absolute atomic E-state index is 10.8. The van der Waals surface area contributed by atoms with Crippen LogP contribution >= 0.6 is 34.5 Å². The SMILES string of the molecule is COc1nc(C2CCC(c3ccc(Cl)cc3)CC2)sc1COc1ccc(C2=NC(C=O)ON2)c(Cl)c1. The number of amidine groups is 1. The van der Waals surface area contributed by atoms with Crippen LogP contribution in [0.1, 0.15) is 58.5 Å². The van der Waals surface area contributed by atoms with E-state index in [9.17, 15) is 4.79 Å². The number of rotatable bonds is 8. The predicted octanol–water partition coefficient (Wildman–Crippen LogP) is 6.29. The molecule has 1 saturated carbocycles. The first-order valence-electron chi connectivity index (χ1n) is 11.7. The van der Waals surface area contributed by atoms with E-state index >= 15 is 0 Å². The molecule has 1 aliphatic carbocycles. The first-order valence-corrected chi connectivity index (χ1v) is 13.3. The normalized spacial score (nSPS) is 21.5. The van der Waals surface area contributed by atoms with Crippen LogP contribution in [0.15, 0.2) is 47.5 Å². The highest BCUT2D eigenvalue weighted by molar-refractivity contribution is 7.12. The third-order valence-corrected chi connectivity index (χ3v) is 8.24. The van der Waals surface area contributed by atoms with Gasteiger partial charge in [-0.25, -0.2) is 20.3 Å². The molecule has 1 unspecified atom stereocenters. The van der Waals surface area contributed by atoms with Gasteiger partial charge in [-0.05, 0) is 67.5 Å². The van der Waals surface area contributed by atoms with E-state index in [0.29, 0.717) is 52.8 Å². The zero-order valence-electron chi connectivity index (χ0n) is 19.6. The van der Waals surface area contributed by atoms with Gasteiger partial charge in [0, 0.05) is 16.5 Å². The summed E-state index contributed by atoms with van der Waals surface area (Å²) in [4.78, 5) is 25.7. The second-order valence-electron chi connectivity index (χ2n) is 8.74. The fraction of sp³-hybridized carbons (Fsp3) is 0.346. The molecule has 0 bridgehead atoms. The van der Waals surface area contributed by atoms with Gasteiger partial charge in [0.25, 0.3) is 0 Å². The minimum Gasteiger partial charge on any atom is -0.488 e. The van der Waals surface area contributed by atoms with Crippen molar-refractivity contribution in [2.45, 2.75) is 50.4 Å². The first kappa shape index (κ1) is 25.0. The van der Waals surface area contributed by atoms with Crippen LogP contribution in [0.3, 0.4) is 0 Å². The van der Waals surface area contributed by atoms with Crippen molar-refractivity contribution < 1.29 is 19.1 Å². The molecule has 2 heterocycles. The van der Waals surface area contributed by atoms with Crippen molar-refractivity contribution in [2.75, 3.05) is 7.11 Å². The number of thiazole rings is 1. The van der Waals surface area contributed by atoms with E-state index in [-0.39, 0.29) is 0 Å². The van der Waals surface area contributed by atoms with Crippen LogP contribution in [0.2, 0.25) is 10.0 Å². The zero-order chi connectivity index (χ0) is 25.1. The number of carbonyl (C=O) groups excluding carboxylic acids is 1. The van der Waals surface area contributed by atoms with Gasteiger partial charge in [0.15, 0.2) is 12.1 Å². The summed E-state index contributed by atoms with van der Waals surface area (Å²) in [6, 6.07) is 13.5. The molecule has 2 aliphatic rings. The lowest BCUT2D eigenvalue weighted by Gasteiger charge is -2.27. The molecule has 1 fully saturated rings. The fourth-order valence-electron chi connectivity index (χ4n) is 4.59. The van der Waals surface area contributed by atoms with Gasteiger partial charge in [0.05, 0.1) is 12.1 Å². The summed E-state index contributed by atoms with van der Waals surface area (Å²) in [5, 5.41) is 2.31. The van der Waals surface area contributed by atoms with Crippen LogP contribution < -0.4 is 15.0 Å². The van der Waals surface area contributed by atoms with E-state index in [1.807, 2.05) is 12.1 Å². The van der Waals surface area contributed by atoms with Crippen molar-refractivity contribution in [1.82, 2.24) is 10.5 Å².